The maximum Gasteiger partial charge on any atom is 0.0834 e. The maximum atomic E-state index is 9.68. The summed E-state index contributed by atoms with van der Waals surface area (Å²) < 4.78 is 5.47. The molecule has 66 valence electrons. The molecule has 4 atom stereocenters. The SMILES string of the molecule is CC[C@H]1OC[C@@H](C)[C@H](C)C1O. The van der Waals surface area contributed by atoms with E-state index >= 15 is 0 Å². The van der Waals surface area contributed by atoms with E-state index in [1.807, 2.05) is 0 Å². The Morgan fingerprint density at radius 3 is 2.64 bits per heavy atom. The second kappa shape index (κ2) is 3.55. The highest BCUT2D eigenvalue weighted by molar-refractivity contribution is 4.81. The van der Waals surface area contributed by atoms with Crippen LogP contribution in [0.4, 0.5) is 0 Å². The molecule has 1 saturated heterocycles. The normalized spacial score (nSPS) is 45.8. The number of rotatable bonds is 1. The molecule has 1 N–H and O–H groups in total. The van der Waals surface area contributed by atoms with Crippen molar-refractivity contribution in [2.45, 2.75) is 39.4 Å². The smallest absolute Gasteiger partial charge is 0.0834 e. The quantitative estimate of drug-likeness (QED) is 0.625. The Kier molecular flexibility index (Phi) is 2.90. The van der Waals surface area contributed by atoms with Crippen LogP contribution in [0, 0.1) is 11.8 Å². The standard InChI is InChI=1S/C9H18O2/c1-4-8-9(10)7(3)6(2)5-11-8/h6-10H,4-5H2,1-3H3/t6-,7+,8-,9?/m1/s1. The van der Waals surface area contributed by atoms with Crippen molar-refractivity contribution in [3.63, 3.8) is 0 Å². The largest absolute Gasteiger partial charge is 0.390 e. The highest BCUT2D eigenvalue weighted by Gasteiger charge is 2.32. The first-order valence-corrected chi connectivity index (χ1v) is 4.46. The number of hydrogen-bond donors (Lipinski definition) is 1. The van der Waals surface area contributed by atoms with Gasteiger partial charge < -0.3 is 9.84 Å². The zero-order valence-corrected chi connectivity index (χ0v) is 7.58. The molecule has 1 aliphatic heterocycles. The lowest BCUT2D eigenvalue weighted by atomic mass is 9.85. The van der Waals surface area contributed by atoms with Crippen LogP contribution in [0.25, 0.3) is 0 Å². The zero-order valence-electron chi connectivity index (χ0n) is 7.58. The topological polar surface area (TPSA) is 29.5 Å². The number of ether oxygens (including phenoxy) is 1. The highest BCUT2D eigenvalue weighted by atomic mass is 16.5. The molecular formula is C9H18O2. The molecule has 0 aromatic carbocycles. The van der Waals surface area contributed by atoms with Gasteiger partial charge in [-0.1, -0.05) is 20.8 Å². The summed E-state index contributed by atoms with van der Waals surface area (Å²) in [6.07, 6.45) is 0.725. The van der Waals surface area contributed by atoms with Gasteiger partial charge in [-0.3, -0.25) is 0 Å². The fraction of sp³-hybridized carbons (Fsp3) is 1.00. The van der Waals surface area contributed by atoms with E-state index in [1.165, 1.54) is 0 Å². The van der Waals surface area contributed by atoms with Crippen LogP contribution in [0.15, 0.2) is 0 Å². The van der Waals surface area contributed by atoms with Gasteiger partial charge in [0, 0.05) is 6.61 Å². The lowest BCUT2D eigenvalue weighted by Gasteiger charge is -2.36. The van der Waals surface area contributed by atoms with Gasteiger partial charge in [-0.25, -0.2) is 0 Å². The molecule has 0 aromatic heterocycles. The van der Waals surface area contributed by atoms with Gasteiger partial charge >= 0.3 is 0 Å². The summed E-state index contributed by atoms with van der Waals surface area (Å²) in [7, 11) is 0. The van der Waals surface area contributed by atoms with Gasteiger partial charge in [-0.2, -0.15) is 0 Å². The Morgan fingerprint density at radius 2 is 2.09 bits per heavy atom. The van der Waals surface area contributed by atoms with Crippen molar-refractivity contribution < 1.29 is 9.84 Å². The lowest BCUT2D eigenvalue weighted by molar-refractivity contribution is -0.125. The fourth-order valence-corrected chi connectivity index (χ4v) is 1.56. The van der Waals surface area contributed by atoms with Crippen molar-refractivity contribution in [3.05, 3.63) is 0 Å². The molecule has 1 aliphatic rings. The van der Waals surface area contributed by atoms with Gasteiger partial charge in [-0.15, -0.1) is 0 Å². The predicted molar refractivity (Wildman–Crippen MR) is 44.4 cm³/mol. The maximum absolute atomic E-state index is 9.68. The summed E-state index contributed by atoms with van der Waals surface area (Å²) in [5, 5.41) is 9.68. The summed E-state index contributed by atoms with van der Waals surface area (Å²) in [6.45, 7) is 7.08. The monoisotopic (exact) mass is 158 g/mol. The third-order valence-corrected chi connectivity index (χ3v) is 2.79. The van der Waals surface area contributed by atoms with Gasteiger partial charge in [0.2, 0.25) is 0 Å². The third kappa shape index (κ3) is 1.74. The number of aliphatic hydroxyl groups excluding tert-OH is 1. The molecule has 0 aliphatic carbocycles. The van der Waals surface area contributed by atoms with Crippen LogP contribution in [-0.4, -0.2) is 23.9 Å². The van der Waals surface area contributed by atoms with E-state index in [-0.39, 0.29) is 12.2 Å². The molecule has 1 unspecified atom stereocenters. The molecule has 2 nitrogen and oxygen atoms in total. The minimum absolute atomic E-state index is 0.0706. The Labute approximate surface area is 68.6 Å². The third-order valence-electron chi connectivity index (χ3n) is 2.79. The molecule has 1 heterocycles. The minimum atomic E-state index is -0.260. The molecule has 1 fully saturated rings. The van der Waals surface area contributed by atoms with E-state index in [2.05, 4.69) is 20.8 Å². The molecule has 0 amide bonds. The molecule has 0 saturated carbocycles. The van der Waals surface area contributed by atoms with E-state index < -0.39 is 0 Å². The molecule has 11 heavy (non-hydrogen) atoms. The van der Waals surface area contributed by atoms with Crippen LogP contribution in [-0.2, 0) is 4.74 Å². The van der Waals surface area contributed by atoms with Gasteiger partial charge in [-0.05, 0) is 18.3 Å². The summed E-state index contributed by atoms with van der Waals surface area (Å²) >= 11 is 0. The van der Waals surface area contributed by atoms with Crippen molar-refractivity contribution in [1.82, 2.24) is 0 Å². The van der Waals surface area contributed by atoms with Gasteiger partial charge in [0.25, 0.3) is 0 Å². The van der Waals surface area contributed by atoms with Gasteiger partial charge in [0.05, 0.1) is 12.2 Å². The first-order chi connectivity index (χ1) is 5.16. The zero-order chi connectivity index (χ0) is 8.43. The Hall–Kier alpha value is -0.0800. The van der Waals surface area contributed by atoms with Crippen LogP contribution in [0.5, 0.6) is 0 Å². The van der Waals surface area contributed by atoms with E-state index in [4.69, 9.17) is 4.74 Å². The number of aliphatic hydroxyl groups is 1. The predicted octanol–water partition coefficient (Wildman–Crippen LogP) is 1.43. The van der Waals surface area contributed by atoms with E-state index in [0.717, 1.165) is 13.0 Å². The van der Waals surface area contributed by atoms with E-state index in [1.54, 1.807) is 0 Å². The van der Waals surface area contributed by atoms with Crippen LogP contribution < -0.4 is 0 Å². The molecule has 0 radical (unpaired) electrons. The first-order valence-electron chi connectivity index (χ1n) is 4.46. The van der Waals surface area contributed by atoms with E-state index in [9.17, 15) is 5.11 Å². The average Bonchev–Trinajstić information content (AvgIpc) is 2.01. The van der Waals surface area contributed by atoms with Crippen LogP contribution in [0.3, 0.4) is 0 Å². The Bertz CT molecular complexity index is 123. The lowest BCUT2D eigenvalue weighted by Crippen LogP contribution is -2.43. The summed E-state index contributed by atoms with van der Waals surface area (Å²) in [5.41, 5.74) is 0. The van der Waals surface area contributed by atoms with Crippen molar-refractivity contribution in [3.8, 4) is 0 Å². The van der Waals surface area contributed by atoms with Gasteiger partial charge in [0.15, 0.2) is 0 Å². The molecular weight excluding hydrogens is 140 g/mol. The summed E-state index contributed by atoms with van der Waals surface area (Å²) in [6, 6.07) is 0. The fourth-order valence-electron chi connectivity index (χ4n) is 1.56. The average molecular weight is 158 g/mol. The highest BCUT2D eigenvalue weighted by Crippen LogP contribution is 2.26. The first kappa shape index (κ1) is 9.01. The van der Waals surface area contributed by atoms with Gasteiger partial charge in [0.1, 0.15) is 0 Å². The van der Waals surface area contributed by atoms with Crippen molar-refractivity contribution >= 4 is 0 Å². The van der Waals surface area contributed by atoms with Crippen LogP contribution >= 0.6 is 0 Å². The van der Waals surface area contributed by atoms with Crippen LogP contribution in [0.1, 0.15) is 27.2 Å². The molecule has 2 heteroatoms. The molecule has 1 rings (SSSR count). The van der Waals surface area contributed by atoms with Crippen molar-refractivity contribution in [2.75, 3.05) is 6.61 Å². The Morgan fingerprint density at radius 1 is 1.45 bits per heavy atom. The summed E-state index contributed by atoms with van der Waals surface area (Å²) in [5.74, 6) is 0.876. The minimum Gasteiger partial charge on any atom is -0.390 e. The second-order valence-corrected chi connectivity index (χ2v) is 3.61. The van der Waals surface area contributed by atoms with Crippen molar-refractivity contribution in [2.24, 2.45) is 11.8 Å². The van der Waals surface area contributed by atoms with E-state index in [0.29, 0.717) is 11.8 Å². The number of hydrogen-bond acceptors (Lipinski definition) is 2. The van der Waals surface area contributed by atoms with Crippen molar-refractivity contribution in [1.29, 1.82) is 0 Å². The molecule has 0 aromatic rings. The van der Waals surface area contributed by atoms with Crippen LogP contribution in [0.2, 0.25) is 0 Å². The molecule has 0 spiro atoms. The summed E-state index contributed by atoms with van der Waals surface area (Å²) in [4.78, 5) is 0. The molecule has 0 bridgehead atoms. The second-order valence-electron chi connectivity index (χ2n) is 3.61. The Balaban J connectivity index is 2.52.